The number of rotatable bonds is 2. The highest BCUT2D eigenvalue weighted by atomic mass is 79.9. The predicted molar refractivity (Wildman–Crippen MR) is 76.5 cm³/mol. The molecule has 0 saturated carbocycles. The van der Waals surface area contributed by atoms with Gasteiger partial charge >= 0.3 is 0 Å². The molecule has 2 aromatic heterocycles. The van der Waals surface area contributed by atoms with Crippen LogP contribution in [0.25, 0.3) is 16.9 Å². The Bertz CT molecular complexity index is 750. The highest BCUT2D eigenvalue weighted by Gasteiger charge is 2.09. The van der Waals surface area contributed by atoms with Crippen LogP contribution in [0.3, 0.4) is 0 Å². The van der Waals surface area contributed by atoms with Gasteiger partial charge < -0.3 is 5.73 Å². The van der Waals surface area contributed by atoms with Gasteiger partial charge in [0.25, 0.3) is 0 Å². The largest absolute Gasteiger partial charge is 0.324 e. The fourth-order valence-electron chi connectivity index (χ4n) is 1.97. The Hall–Kier alpha value is -1.79. The number of nitrogens with two attached hydrogens (primary N) is 1. The van der Waals surface area contributed by atoms with E-state index in [1.165, 1.54) is 0 Å². The van der Waals surface area contributed by atoms with Crippen molar-refractivity contribution < 1.29 is 0 Å². The molecule has 0 aliphatic rings. The standard InChI is InChI=1S/C13H12BrN5/c1-8-2-3-9(14)6-10(8)11-4-5-12-16-17-13(7-15)19(12)18-11/h2-6H,7,15H2,1H3. The van der Waals surface area contributed by atoms with Crippen LogP contribution in [0.1, 0.15) is 11.4 Å². The summed E-state index contributed by atoms with van der Waals surface area (Å²) in [4.78, 5) is 0. The van der Waals surface area contributed by atoms with Gasteiger partial charge in [-0.15, -0.1) is 10.2 Å². The maximum Gasteiger partial charge on any atom is 0.177 e. The fourth-order valence-corrected chi connectivity index (χ4v) is 2.34. The van der Waals surface area contributed by atoms with E-state index in [1.54, 1.807) is 4.52 Å². The van der Waals surface area contributed by atoms with Crippen molar-refractivity contribution in [3.63, 3.8) is 0 Å². The second-order valence-corrected chi connectivity index (χ2v) is 5.18. The first-order valence-electron chi connectivity index (χ1n) is 5.87. The molecule has 3 aromatic rings. The van der Waals surface area contributed by atoms with Gasteiger partial charge in [0.05, 0.1) is 12.2 Å². The second kappa shape index (κ2) is 4.71. The van der Waals surface area contributed by atoms with Crippen LogP contribution in [0, 0.1) is 6.92 Å². The molecule has 6 heteroatoms. The maximum atomic E-state index is 5.63. The van der Waals surface area contributed by atoms with Crippen molar-refractivity contribution in [1.29, 1.82) is 0 Å². The van der Waals surface area contributed by atoms with Gasteiger partial charge in [0.1, 0.15) is 0 Å². The molecule has 96 valence electrons. The summed E-state index contributed by atoms with van der Waals surface area (Å²) >= 11 is 3.48. The van der Waals surface area contributed by atoms with Crippen molar-refractivity contribution >= 4 is 21.6 Å². The third-order valence-electron chi connectivity index (χ3n) is 2.99. The summed E-state index contributed by atoms with van der Waals surface area (Å²) in [5.41, 5.74) is 9.45. The van der Waals surface area contributed by atoms with Crippen LogP contribution in [0.4, 0.5) is 0 Å². The van der Waals surface area contributed by atoms with Gasteiger partial charge in [-0.2, -0.15) is 9.61 Å². The van der Waals surface area contributed by atoms with Gasteiger partial charge in [0.15, 0.2) is 11.5 Å². The summed E-state index contributed by atoms with van der Waals surface area (Å²) in [6, 6.07) is 9.96. The van der Waals surface area contributed by atoms with E-state index in [0.717, 1.165) is 21.3 Å². The summed E-state index contributed by atoms with van der Waals surface area (Å²) in [6.07, 6.45) is 0. The first-order valence-corrected chi connectivity index (χ1v) is 6.66. The molecule has 5 nitrogen and oxygen atoms in total. The molecule has 0 unspecified atom stereocenters. The van der Waals surface area contributed by atoms with Crippen LogP contribution in [0.2, 0.25) is 0 Å². The molecule has 1 aromatic carbocycles. The molecule has 0 radical (unpaired) electrons. The second-order valence-electron chi connectivity index (χ2n) is 4.27. The Morgan fingerprint density at radius 1 is 1.21 bits per heavy atom. The summed E-state index contributed by atoms with van der Waals surface area (Å²) in [5, 5.41) is 12.6. The average molecular weight is 318 g/mol. The Balaban J connectivity index is 2.22. The molecule has 2 heterocycles. The monoisotopic (exact) mass is 317 g/mol. The third kappa shape index (κ3) is 2.13. The van der Waals surface area contributed by atoms with Crippen molar-refractivity contribution in [2.24, 2.45) is 5.73 Å². The summed E-state index contributed by atoms with van der Waals surface area (Å²) in [5.74, 6) is 0.657. The van der Waals surface area contributed by atoms with Crippen molar-refractivity contribution in [2.45, 2.75) is 13.5 Å². The molecule has 0 aliphatic carbocycles. The van der Waals surface area contributed by atoms with Crippen LogP contribution in [0.15, 0.2) is 34.8 Å². The van der Waals surface area contributed by atoms with Crippen LogP contribution >= 0.6 is 15.9 Å². The third-order valence-corrected chi connectivity index (χ3v) is 3.48. The Morgan fingerprint density at radius 3 is 2.84 bits per heavy atom. The minimum atomic E-state index is 0.315. The number of aryl methyl sites for hydroxylation is 1. The molecule has 0 amide bonds. The summed E-state index contributed by atoms with van der Waals surface area (Å²) in [7, 11) is 0. The molecule has 2 N–H and O–H groups in total. The van der Waals surface area contributed by atoms with Crippen LogP contribution in [0.5, 0.6) is 0 Å². The highest BCUT2D eigenvalue weighted by molar-refractivity contribution is 9.10. The molecule has 19 heavy (non-hydrogen) atoms. The zero-order chi connectivity index (χ0) is 13.4. The molecule has 0 fully saturated rings. The molecule has 0 atom stereocenters. The SMILES string of the molecule is Cc1ccc(Br)cc1-c1ccc2nnc(CN)n2n1. The lowest BCUT2D eigenvalue weighted by Crippen LogP contribution is -2.05. The van der Waals surface area contributed by atoms with E-state index in [-0.39, 0.29) is 0 Å². The van der Waals surface area contributed by atoms with E-state index in [2.05, 4.69) is 50.3 Å². The molecular weight excluding hydrogens is 306 g/mol. The number of hydrogen-bond acceptors (Lipinski definition) is 4. The van der Waals surface area contributed by atoms with Gasteiger partial charge in [0, 0.05) is 10.0 Å². The zero-order valence-corrected chi connectivity index (χ0v) is 11.9. The molecular formula is C13H12BrN5. The van der Waals surface area contributed by atoms with Gasteiger partial charge in [-0.05, 0) is 36.8 Å². The lowest BCUT2D eigenvalue weighted by Gasteiger charge is -2.06. The number of benzene rings is 1. The minimum Gasteiger partial charge on any atom is -0.324 e. The van der Waals surface area contributed by atoms with Gasteiger partial charge in [-0.3, -0.25) is 0 Å². The maximum absolute atomic E-state index is 5.63. The van der Waals surface area contributed by atoms with E-state index in [1.807, 2.05) is 18.2 Å². The normalized spacial score (nSPS) is 11.1. The topological polar surface area (TPSA) is 69.1 Å². The van der Waals surface area contributed by atoms with Crippen molar-refractivity contribution in [3.05, 3.63) is 46.2 Å². The number of nitrogens with zero attached hydrogens (tertiary/aromatic N) is 4. The van der Waals surface area contributed by atoms with Crippen molar-refractivity contribution in [3.8, 4) is 11.3 Å². The molecule has 0 saturated heterocycles. The van der Waals surface area contributed by atoms with Gasteiger partial charge in [-0.25, -0.2) is 0 Å². The Morgan fingerprint density at radius 2 is 2.05 bits per heavy atom. The van der Waals surface area contributed by atoms with Crippen LogP contribution < -0.4 is 5.73 Å². The smallest absolute Gasteiger partial charge is 0.177 e. The summed E-state index contributed by atoms with van der Waals surface area (Å²) < 4.78 is 2.72. The van der Waals surface area contributed by atoms with Gasteiger partial charge in [-0.1, -0.05) is 22.0 Å². The number of aromatic nitrogens is 4. The lowest BCUT2D eigenvalue weighted by atomic mass is 10.1. The lowest BCUT2D eigenvalue weighted by molar-refractivity contribution is 0.811. The number of halogens is 1. The molecule has 0 spiro atoms. The average Bonchev–Trinajstić information content (AvgIpc) is 2.83. The minimum absolute atomic E-state index is 0.315. The van der Waals surface area contributed by atoms with E-state index in [9.17, 15) is 0 Å². The van der Waals surface area contributed by atoms with Crippen molar-refractivity contribution in [1.82, 2.24) is 19.8 Å². The fraction of sp³-hybridized carbons (Fsp3) is 0.154. The van der Waals surface area contributed by atoms with E-state index >= 15 is 0 Å². The van der Waals surface area contributed by atoms with Crippen molar-refractivity contribution in [2.75, 3.05) is 0 Å². The Labute approximate surface area is 118 Å². The van der Waals surface area contributed by atoms with Crippen LogP contribution in [-0.2, 0) is 6.54 Å². The van der Waals surface area contributed by atoms with Crippen LogP contribution in [-0.4, -0.2) is 19.8 Å². The highest BCUT2D eigenvalue weighted by Crippen LogP contribution is 2.25. The number of hydrogen-bond donors (Lipinski definition) is 1. The molecule has 0 aliphatic heterocycles. The summed E-state index contributed by atoms with van der Waals surface area (Å²) in [6.45, 7) is 2.37. The van der Waals surface area contributed by atoms with E-state index in [0.29, 0.717) is 18.0 Å². The molecule has 0 bridgehead atoms. The predicted octanol–water partition coefficient (Wildman–Crippen LogP) is 2.32. The first kappa shape index (κ1) is 12.3. The molecule has 3 rings (SSSR count). The van der Waals surface area contributed by atoms with Gasteiger partial charge in [0.2, 0.25) is 0 Å². The Kier molecular flexibility index (Phi) is 3.04. The van der Waals surface area contributed by atoms with E-state index < -0.39 is 0 Å². The zero-order valence-electron chi connectivity index (χ0n) is 10.3. The first-order chi connectivity index (χ1) is 9.19. The quantitative estimate of drug-likeness (QED) is 0.787. The number of fused-ring (bicyclic) bond motifs is 1. The van der Waals surface area contributed by atoms with E-state index in [4.69, 9.17) is 5.73 Å².